The van der Waals surface area contributed by atoms with Crippen LogP contribution >= 0.6 is 11.6 Å². The molecular formula is C17H23ClN2O2. The second-order valence-electron chi connectivity index (χ2n) is 6.92. The number of aromatic nitrogens is 1. The van der Waals surface area contributed by atoms with Crippen LogP contribution in [-0.2, 0) is 11.2 Å². The molecule has 1 aromatic heterocycles. The summed E-state index contributed by atoms with van der Waals surface area (Å²) in [4.78, 5) is 17.2. The van der Waals surface area contributed by atoms with E-state index in [0.29, 0.717) is 23.2 Å². The number of nitrogens with zero attached hydrogens (tertiary/aromatic N) is 1. The standard InChI is InChI=1S/C17H23ClN2O2/c1-17(2)15(21)12(7-11-3-5-19-6-4-11)8-13-9-14(18)10-20-16(13)22-17/h9-12,19H,3-8H2,1-2H3. The molecular weight excluding hydrogens is 300 g/mol. The molecule has 0 radical (unpaired) electrons. The Hall–Kier alpha value is -1.13. The van der Waals surface area contributed by atoms with Crippen molar-refractivity contribution in [3.8, 4) is 5.88 Å². The summed E-state index contributed by atoms with van der Waals surface area (Å²) in [7, 11) is 0. The fourth-order valence-corrected chi connectivity index (χ4v) is 3.74. The van der Waals surface area contributed by atoms with Gasteiger partial charge in [-0.2, -0.15) is 0 Å². The van der Waals surface area contributed by atoms with Gasteiger partial charge in [-0.05, 0) is 64.6 Å². The minimum atomic E-state index is -0.830. The molecule has 1 saturated heterocycles. The van der Waals surface area contributed by atoms with Gasteiger partial charge in [-0.3, -0.25) is 4.79 Å². The lowest BCUT2D eigenvalue weighted by Crippen LogP contribution is -2.42. The van der Waals surface area contributed by atoms with E-state index in [1.54, 1.807) is 6.20 Å². The number of hydrogen-bond acceptors (Lipinski definition) is 4. The van der Waals surface area contributed by atoms with Crippen LogP contribution in [0.15, 0.2) is 12.3 Å². The van der Waals surface area contributed by atoms with E-state index in [2.05, 4.69) is 10.3 Å². The molecule has 3 heterocycles. The molecule has 1 unspecified atom stereocenters. The first kappa shape index (κ1) is 15.8. The zero-order valence-corrected chi connectivity index (χ0v) is 13.9. The lowest BCUT2D eigenvalue weighted by Gasteiger charge is -2.29. The molecule has 0 bridgehead atoms. The number of hydrogen-bond donors (Lipinski definition) is 1. The Morgan fingerprint density at radius 2 is 2.14 bits per heavy atom. The van der Waals surface area contributed by atoms with Crippen molar-refractivity contribution in [2.45, 2.75) is 45.1 Å². The van der Waals surface area contributed by atoms with Crippen LogP contribution in [0.3, 0.4) is 0 Å². The second-order valence-corrected chi connectivity index (χ2v) is 7.36. The molecule has 3 rings (SSSR count). The fourth-order valence-electron chi connectivity index (χ4n) is 3.56. The van der Waals surface area contributed by atoms with Crippen LogP contribution in [-0.4, -0.2) is 29.5 Å². The van der Waals surface area contributed by atoms with Gasteiger partial charge in [-0.1, -0.05) is 11.6 Å². The summed E-state index contributed by atoms with van der Waals surface area (Å²) < 4.78 is 5.90. The van der Waals surface area contributed by atoms with Crippen molar-refractivity contribution in [3.05, 3.63) is 22.8 Å². The van der Waals surface area contributed by atoms with Crippen molar-refractivity contribution < 1.29 is 9.53 Å². The van der Waals surface area contributed by atoms with Crippen molar-refractivity contribution >= 4 is 17.4 Å². The van der Waals surface area contributed by atoms with Gasteiger partial charge < -0.3 is 10.1 Å². The second kappa shape index (κ2) is 6.17. The number of Topliss-reactive ketones (excluding diaryl/α,β-unsaturated/α-hetero) is 1. The topological polar surface area (TPSA) is 51.2 Å². The van der Waals surface area contributed by atoms with Crippen molar-refractivity contribution in [1.29, 1.82) is 0 Å². The molecule has 1 atom stereocenters. The summed E-state index contributed by atoms with van der Waals surface area (Å²) in [5.74, 6) is 1.33. The SMILES string of the molecule is CC1(C)Oc2ncc(Cl)cc2CC(CC2CCNCC2)C1=O. The lowest BCUT2D eigenvalue weighted by atomic mass is 9.79. The third-order valence-electron chi connectivity index (χ3n) is 4.75. The highest BCUT2D eigenvalue weighted by atomic mass is 35.5. The summed E-state index contributed by atoms with van der Waals surface area (Å²) in [6.07, 6.45) is 5.47. The van der Waals surface area contributed by atoms with E-state index < -0.39 is 5.60 Å². The molecule has 120 valence electrons. The average molecular weight is 323 g/mol. The summed E-state index contributed by atoms with van der Waals surface area (Å²) in [5.41, 5.74) is 0.120. The molecule has 5 heteroatoms. The molecule has 0 aromatic carbocycles. The Kier molecular flexibility index (Phi) is 4.42. The van der Waals surface area contributed by atoms with Crippen molar-refractivity contribution in [2.75, 3.05) is 13.1 Å². The molecule has 1 fully saturated rings. The fraction of sp³-hybridized carbons (Fsp3) is 0.647. The van der Waals surface area contributed by atoms with Gasteiger partial charge in [0.2, 0.25) is 5.88 Å². The van der Waals surface area contributed by atoms with E-state index in [9.17, 15) is 4.79 Å². The van der Waals surface area contributed by atoms with E-state index in [0.717, 1.165) is 37.9 Å². The molecule has 1 N–H and O–H groups in total. The highest BCUT2D eigenvalue weighted by Gasteiger charge is 2.40. The Balaban J connectivity index is 1.86. The van der Waals surface area contributed by atoms with Gasteiger partial charge in [0.05, 0.1) is 5.02 Å². The third kappa shape index (κ3) is 3.28. The number of carbonyl (C=O) groups is 1. The number of nitrogens with one attached hydrogen (secondary N) is 1. The number of carbonyl (C=O) groups excluding carboxylic acids is 1. The minimum absolute atomic E-state index is 0.0142. The monoisotopic (exact) mass is 322 g/mol. The van der Waals surface area contributed by atoms with Crippen molar-refractivity contribution in [1.82, 2.24) is 10.3 Å². The van der Waals surface area contributed by atoms with Crippen LogP contribution in [0, 0.1) is 11.8 Å². The predicted molar refractivity (Wildman–Crippen MR) is 86.4 cm³/mol. The highest BCUT2D eigenvalue weighted by molar-refractivity contribution is 6.30. The van der Waals surface area contributed by atoms with Gasteiger partial charge in [0.25, 0.3) is 0 Å². The first-order valence-electron chi connectivity index (χ1n) is 8.04. The maximum Gasteiger partial charge on any atom is 0.217 e. The van der Waals surface area contributed by atoms with Crippen LogP contribution in [0.5, 0.6) is 5.88 Å². The van der Waals surface area contributed by atoms with Crippen LogP contribution in [0.25, 0.3) is 0 Å². The molecule has 0 amide bonds. The number of ketones is 1. The predicted octanol–water partition coefficient (Wildman–Crippen LogP) is 3.02. The maximum atomic E-state index is 12.9. The van der Waals surface area contributed by atoms with Crippen LogP contribution in [0.2, 0.25) is 5.02 Å². The van der Waals surface area contributed by atoms with Crippen LogP contribution < -0.4 is 10.1 Å². The molecule has 22 heavy (non-hydrogen) atoms. The van der Waals surface area contributed by atoms with Crippen LogP contribution in [0.4, 0.5) is 0 Å². The Bertz CT molecular complexity index is 568. The highest BCUT2D eigenvalue weighted by Crippen LogP contribution is 2.35. The molecule has 2 aliphatic rings. The first-order chi connectivity index (χ1) is 10.5. The quantitative estimate of drug-likeness (QED) is 0.909. The van der Waals surface area contributed by atoms with Gasteiger partial charge in [0.15, 0.2) is 11.4 Å². The molecule has 2 aliphatic heterocycles. The van der Waals surface area contributed by atoms with Crippen LogP contribution in [0.1, 0.15) is 38.7 Å². The summed E-state index contributed by atoms with van der Waals surface area (Å²) in [5, 5.41) is 3.97. The van der Waals surface area contributed by atoms with E-state index in [1.165, 1.54) is 0 Å². The Morgan fingerprint density at radius 3 is 2.86 bits per heavy atom. The minimum Gasteiger partial charge on any atom is -0.463 e. The molecule has 4 nitrogen and oxygen atoms in total. The molecule has 1 aromatic rings. The van der Waals surface area contributed by atoms with E-state index in [-0.39, 0.29) is 11.7 Å². The van der Waals surface area contributed by atoms with Crippen molar-refractivity contribution in [3.63, 3.8) is 0 Å². The zero-order valence-electron chi connectivity index (χ0n) is 13.2. The third-order valence-corrected chi connectivity index (χ3v) is 4.96. The number of fused-ring (bicyclic) bond motifs is 1. The average Bonchev–Trinajstić information content (AvgIpc) is 2.57. The number of piperidine rings is 1. The van der Waals surface area contributed by atoms with Gasteiger partial charge in [-0.15, -0.1) is 0 Å². The Labute approximate surface area is 136 Å². The lowest BCUT2D eigenvalue weighted by molar-refractivity contribution is -0.136. The number of pyridine rings is 1. The van der Waals surface area contributed by atoms with E-state index >= 15 is 0 Å². The van der Waals surface area contributed by atoms with E-state index in [1.807, 2.05) is 19.9 Å². The number of halogens is 1. The maximum absolute atomic E-state index is 12.9. The normalized spacial score (nSPS) is 25.2. The van der Waals surface area contributed by atoms with Gasteiger partial charge >= 0.3 is 0 Å². The largest absolute Gasteiger partial charge is 0.463 e. The zero-order chi connectivity index (χ0) is 15.7. The van der Waals surface area contributed by atoms with Gasteiger partial charge in [0.1, 0.15) is 0 Å². The summed E-state index contributed by atoms with van der Waals surface area (Å²) >= 11 is 6.07. The number of rotatable bonds is 2. The van der Waals surface area contributed by atoms with E-state index in [4.69, 9.17) is 16.3 Å². The van der Waals surface area contributed by atoms with Gasteiger partial charge in [-0.25, -0.2) is 4.98 Å². The summed E-state index contributed by atoms with van der Waals surface area (Å²) in [6, 6.07) is 1.88. The smallest absolute Gasteiger partial charge is 0.217 e. The van der Waals surface area contributed by atoms with Crippen molar-refractivity contribution in [2.24, 2.45) is 11.8 Å². The molecule has 0 saturated carbocycles. The molecule has 0 aliphatic carbocycles. The first-order valence-corrected chi connectivity index (χ1v) is 8.42. The van der Waals surface area contributed by atoms with Gasteiger partial charge in [0, 0.05) is 17.7 Å². The summed E-state index contributed by atoms with van der Waals surface area (Å²) in [6.45, 7) is 5.79. The Morgan fingerprint density at radius 1 is 1.41 bits per heavy atom. The molecule has 0 spiro atoms. The number of ether oxygens (including phenoxy) is 1.